The van der Waals surface area contributed by atoms with Crippen LogP contribution in [0.15, 0.2) is 168 Å². The van der Waals surface area contributed by atoms with Crippen molar-refractivity contribution in [2.45, 2.75) is 81.4 Å². The lowest BCUT2D eigenvalue weighted by atomic mass is 9.79. The Morgan fingerprint density at radius 2 is 1.02 bits per heavy atom. The summed E-state index contributed by atoms with van der Waals surface area (Å²) in [4.78, 5) is 7.33. The van der Waals surface area contributed by atoms with E-state index in [-0.39, 0.29) is 16.2 Å². The molecule has 0 saturated carbocycles. The maximum absolute atomic E-state index is 2.45. The molecule has 0 unspecified atom stereocenters. The van der Waals surface area contributed by atoms with E-state index in [0.29, 0.717) is 0 Å². The first-order valence-corrected chi connectivity index (χ1v) is 20.7. The van der Waals surface area contributed by atoms with Crippen molar-refractivity contribution in [2.24, 2.45) is 0 Å². The summed E-state index contributed by atoms with van der Waals surface area (Å²) >= 11 is 1.86. The molecule has 0 spiro atoms. The number of nitrogens with zero attached hydrogens (tertiary/aromatic N) is 2. The van der Waals surface area contributed by atoms with Crippen LogP contribution in [0.5, 0.6) is 0 Å². The summed E-state index contributed by atoms with van der Waals surface area (Å²) in [6, 6.07) is 58.8. The van der Waals surface area contributed by atoms with Crippen LogP contribution >= 0.6 is 11.8 Å². The van der Waals surface area contributed by atoms with Crippen molar-refractivity contribution in [1.82, 2.24) is 0 Å². The van der Waals surface area contributed by atoms with Gasteiger partial charge in [-0.3, -0.25) is 0 Å². The van der Waals surface area contributed by atoms with Crippen LogP contribution in [0.3, 0.4) is 0 Å². The predicted octanol–water partition coefficient (Wildman–Crippen LogP) is 15.7. The summed E-state index contributed by atoms with van der Waals surface area (Å²) in [6.45, 7) is 18.5. The molecule has 1 aliphatic heterocycles. The van der Waals surface area contributed by atoms with Crippen LogP contribution in [0, 0.1) is 0 Å². The maximum atomic E-state index is 2.45. The molecule has 0 atom stereocenters. The predicted molar refractivity (Wildman–Crippen MR) is 240 cm³/mol. The molecule has 0 bridgehead atoms. The number of para-hydroxylation sites is 2. The molecule has 2 nitrogen and oxygen atoms in total. The van der Waals surface area contributed by atoms with Gasteiger partial charge >= 0.3 is 0 Å². The van der Waals surface area contributed by atoms with Gasteiger partial charge in [0.15, 0.2) is 0 Å². The third-order valence-corrected chi connectivity index (χ3v) is 12.9. The summed E-state index contributed by atoms with van der Waals surface area (Å²) in [7, 11) is 0. The molecule has 0 N–H and O–H groups in total. The molecule has 9 rings (SSSR count). The van der Waals surface area contributed by atoms with Gasteiger partial charge in [-0.25, -0.2) is 0 Å². The van der Waals surface area contributed by atoms with Crippen molar-refractivity contribution in [2.75, 3.05) is 9.80 Å². The van der Waals surface area contributed by atoms with Crippen LogP contribution in [0.2, 0.25) is 0 Å². The summed E-state index contributed by atoms with van der Waals surface area (Å²) in [6.07, 6.45) is 0. The average Bonchev–Trinajstić information content (AvgIpc) is 3.42. The van der Waals surface area contributed by atoms with Crippen LogP contribution in [0.25, 0.3) is 22.3 Å². The first-order valence-electron chi connectivity index (χ1n) is 19.8. The normalized spacial score (nSPS) is 14.1. The molecule has 7 aromatic carbocycles. The van der Waals surface area contributed by atoms with Gasteiger partial charge in [0, 0.05) is 38.0 Å². The molecule has 3 heteroatoms. The fraction of sp³-hybridized carbons (Fsp3) is 0.208. The molecule has 0 amide bonds. The molecule has 0 radical (unpaired) electrons. The summed E-state index contributed by atoms with van der Waals surface area (Å²) in [5, 5.41) is 0. The molecule has 7 aromatic rings. The molecule has 56 heavy (non-hydrogen) atoms. The Kier molecular flexibility index (Phi) is 8.59. The van der Waals surface area contributed by atoms with Crippen LogP contribution in [0.4, 0.5) is 34.1 Å². The van der Waals surface area contributed by atoms with Gasteiger partial charge in [-0.1, -0.05) is 152 Å². The van der Waals surface area contributed by atoms with Crippen LogP contribution in [-0.4, -0.2) is 0 Å². The third kappa shape index (κ3) is 6.23. The number of rotatable bonds is 5. The largest absolute Gasteiger partial charge is 0.310 e. The molecule has 0 aromatic heterocycles. The first-order chi connectivity index (χ1) is 26.8. The summed E-state index contributed by atoms with van der Waals surface area (Å²) in [5.74, 6) is 0. The molecule has 278 valence electrons. The molecule has 0 saturated heterocycles. The van der Waals surface area contributed by atoms with Crippen LogP contribution in [-0.2, 0) is 16.2 Å². The van der Waals surface area contributed by atoms with Crippen molar-refractivity contribution in [3.8, 4) is 22.3 Å². The van der Waals surface area contributed by atoms with Crippen molar-refractivity contribution in [3.05, 3.63) is 180 Å². The molecule has 1 aliphatic carbocycles. The lowest BCUT2D eigenvalue weighted by Gasteiger charge is -2.33. The highest BCUT2D eigenvalue weighted by Gasteiger charge is 2.37. The third-order valence-electron chi connectivity index (χ3n) is 11.8. The van der Waals surface area contributed by atoms with E-state index in [2.05, 4.69) is 223 Å². The Morgan fingerprint density at radius 1 is 0.464 bits per heavy atom. The van der Waals surface area contributed by atoms with Gasteiger partial charge in [0.1, 0.15) is 0 Å². The van der Waals surface area contributed by atoms with Gasteiger partial charge in [0.25, 0.3) is 0 Å². The second kappa shape index (κ2) is 13.3. The molecular weight excluding hydrogens is 697 g/mol. The van der Waals surface area contributed by atoms with E-state index in [1.165, 1.54) is 77.0 Å². The zero-order valence-corrected chi connectivity index (χ0v) is 34.6. The quantitative estimate of drug-likeness (QED) is 0.173. The lowest BCUT2D eigenvalue weighted by molar-refractivity contribution is 0.584. The van der Waals surface area contributed by atoms with Gasteiger partial charge in [-0.15, -0.1) is 0 Å². The van der Waals surface area contributed by atoms with Crippen LogP contribution in [0.1, 0.15) is 77.6 Å². The molecular formula is C53H50N2S. The number of anilines is 6. The minimum atomic E-state index is -0.107. The summed E-state index contributed by atoms with van der Waals surface area (Å²) in [5.41, 5.74) is 17.8. The molecule has 1 heterocycles. The van der Waals surface area contributed by atoms with Gasteiger partial charge in [-0.2, -0.15) is 0 Å². The first kappa shape index (κ1) is 36.1. The molecule has 0 fully saturated rings. The van der Waals surface area contributed by atoms with Crippen molar-refractivity contribution < 1.29 is 0 Å². The molecule has 2 aliphatic rings. The Bertz CT molecular complexity index is 2590. The van der Waals surface area contributed by atoms with Gasteiger partial charge < -0.3 is 9.80 Å². The number of hydrogen-bond donors (Lipinski definition) is 0. The van der Waals surface area contributed by atoms with Crippen molar-refractivity contribution in [3.63, 3.8) is 0 Å². The zero-order valence-electron chi connectivity index (χ0n) is 33.8. The minimum Gasteiger partial charge on any atom is -0.310 e. The Labute approximate surface area is 337 Å². The van der Waals surface area contributed by atoms with Crippen LogP contribution < -0.4 is 9.80 Å². The van der Waals surface area contributed by atoms with Gasteiger partial charge in [-0.05, 0) is 128 Å². The Morgan fingerprint density at radius 3 is 1.71 bits per heavy atom. The smallest absolute Gasteiger partial charge is 0.0602 e. The monoisotopic (exact) mass is 746 g/mol. The minimum absolute atomic E-state index is 0.101. The van der Waals surface area contributed by atoms with E-state index in [0.717, 1.165) is 11.4 Å². The zero-order chi connectivity index (χ0) is 39.0. The van der Waals surface area contributed by atoms with E-state index in [1.807, 2.05) is 11.8 Å². The number of benzene rings is 7. The number of hydrogen-bond acceptors (Lipinski definition) is 3. The van der Waals surface area contributed by atoms with E-state index < -0.39 is 0 Å². The van der Waals surface area contributed by atoms with Gasteiger partial charge in [0.2, 0.25) is 0 Å². The van der Waals surface area contributed by atoms with Crippen molar-refractivity contribution >= 4 is 45.9 Å². The Hall–Kier alpha value is -5.51. The van der Waals surface area contributed by atoms with E-state index in [1.54, 1.807) is 0 Å². The Balaban J connectivity index is 1.06. The fourth-order valence-corrected chi connectivity index (χ4v) is 9.58. The summed E-state index contributed by atoms with van der Waals surface area (Å²) < 4.78 is 0. The van der Waals surface area contributed by atoms with E-state index in [4.69, 9.17) is 0 Å². The highest BCUT2D eigenvalue weighted by atomic mass is 32.2. The van der Waals surface area contributed by atoms with E-state index >= 15 is 0 Å². The SMILES string of the molecule is CC(C)(C)c1ccc(N2c3ccccc3Sc3cc(-c4ccc(N(c5ccccc5)c5ccc6c(c5)C(C)(C)c5cc(C(C)(C)C)ccc5-6)cc4)ccc32)cc1. The lowest BCUT2D eigenvalue weighted by Crippen LogP contribution is -2.18. The fourth-order valence-electron chi connectivity index (χ4n) is 8.48. The maximum Gasteiger partial charge on any atom is 0.0602 e. The van der Waals surface area contributed by atoms with E-state index in [9.17, 15) is 0 Å². The highest BCUT2D eigenvalue weighted by molar-refractivity contribution is 7.99. The number of fused-ring (bicyclic) bond motifs is 5. The second-order valence-corrected chi connectivity index (χ2v) is 19.1. The second-order valence-electron chi connectivity index (χ2n) is 18.0. The topological polar surface area (TPSA) is 6.48 Å². The van der Waals surface area contributed by atoms with Gasteiger partial charge in [0.05, 0.1) is 11.4 Å². The average molecular weight is 747 g/mol. The standard InChI is InChI=1S/C53H50N2S/c1-51(2,3)37-21-26-41(27-22-37)55-47-16-12-13-17-49(47)56-50-32-36(20-31-48(50)55)35-18-24-40(25-19-35)54(39-14-10-9-11-15-39)42-28-30-44-43-29-23-38(52(4,5)6)33-45(43)53(7,8)46(44)34-42/h9-34H,1-8H3. The highest BCUT2D eigenvalue weighted by Crippen LogP contribution is 2.54. The van der Waals surface area contributed by atoms with Crippen molar-refractivity contribution in [1.29, 1.82) is 0 Å².